The molecule has 0 saturated carbocycles. The lowest BCUT2D eigenvalue weighted by atomic mass is 10.1. The largest absolute Gasteiger partial charge is 0.350 e. The maximum atomic E-state index is 13.8. The third-order valence-electron chi connectivity index (χ3n) is 4.64. The van der Waals surface area contributed by atoms with E-state index in [1.807, 2.05) is 41.8 Å². The number of amides is 3. The fraction of sp³-hybridized carbons (Fsp3) is 0.0870. The van der Waals surface area contributed by atoms with Crippen LogP contribution in [0, 0.1) is 5.82 Å². The van der Waals surface area contributed by atoms with E-state index in [0.717, 1.165) is 27.8 Å². The lowest BCUT2D eigenvalue weighted by Crippen LogP contribution is -2.37. The van der Waals surface area contributed by atoms with Crippen LogP contribution in [0.25, 0.3) is 17.2 Å². The number of thioether (sulfide) groups is 1. The summed E-state index contributed by atoms with van der Waals surface area (Å²) in [6.45, 7) is 0.160. The summed E-state index contributed by atoms with van der Waals surface area (Å²) in [6.07, 6.45) is 1.37. The summed E-state index contributed by atoms with van der Waals surface area (Å²) in [7, 11) is 0. The third kappa shape index (κ3) is 4.60. The van der Waals surface area contributed by atoms with Crippen molar-refractivity contribution in [3.05, 3.63) is 87.2 Å². The van der Waals surface area contributed by atoms with Crippen molar-refractivity contribution < 1.29 is 18.8 Å². The highest BCUT2D eigenvalue weighted by Crippen LogP contribution is 2.32. The first-order chi connectivity index (χ1) is 15.0. The number of halogens is 1. The molecule has 0 radical (unpaired) electrons. The molecule has 2 aromatic carbocycles. The Morgan fingerprint density at radius 3 is 2.55 bits per heavy atom. The van der Waals surface area contributed by atoms with E-state index in [4.69, 9.17) is 0 Å². The molecule has 2 heterocycles. The summed E-state index contributed by atoms with van der Waals surface area (Å²) in [5.74, 6) is -1.22. The molecule has 1 aliphatic rings. The van der Waals surface area contributed by atoms with Gasteiger partial charge in [0.15, 0.2) is 0 Å². The summed E-state index contributed by atoms with van der Waals surface area (Å²) in [4.78, 5) is 39.2. The van der Waals surface area contributed by atoms with Gasteiger partial charge in [0, 0.05) is 24.2 Å². The van der Waals surface area contributed by atoms with Crippen molar-refractivity contribution in [3.63, 3.8) is 0 Å². The molecule has 0 spiro atoms. The Balaban J connectivity index is 1.39. The van der Waals surface area contributed by atoms with Gasteiger partial charge in [0.1, 0.15) is 5.82 Å². The summed E-state index contributed by atoms with van der Waals surface area (Å²) < 4.78 is 13.8. The minimum Gasteiger partial charge on any atom is -0.350 e. The van der Waals surface area contributed by atoms with Crippen LogP contribution in [0.2, 0.25) is 0 Å². The molecule has 0 bridgehead atoms. The van der Waals surface area contributed by atoms with Crippen molar-refractivity contribution in [2.24, 2.45) is 0 Å². The lowest BCUT2D eigenvalue weighted by Gasteiger charge is -2.13. The number of thiophene rings is 1. The van der Waals surface area contributed by atoms with E-state index in [0.29, 0.717) is 4.88 Å². The molecule has 1 aliphatic heterocycles. The number of hydrogen-bond donors (Lipinski definition) is 1. The highest BCUT2D eigenvalue weighted by atomic mass is 32.2. The van der Waals surface area contributed by atoms with Crippen LogP contribution in [0.5, 0.6) is 0 Å². The molecule has 0 aliphatic carbocycles. The molecule has 0 atom stereocenters. The first kappa shape index (κ1) is 21.0. The van der Waals surface area contributed by atoms with Crippen molar-refractivity contribution in [3.8, 4) is 11.1 Å². The summed E-state index contributed by atoms with van der Waals surface area (Å²) in [5.41, 5.74) is 2.02. The Morgan fingerprint density at radius 1 is 1.03 bits per heavy atom. The van der Waals surface area contributed by atoms with Crippen LogP contribution in [0.3, 0.4) is 0 Å². The van der Waals surface area contributed by atoms with E-state index in [1.165, 1.54) is 29.5 Å². The number of benzene rings is 2. The quantitative estimate of drug-likeness (QED) is 0.534. The molecule has 156 valence electrons. The van der Waals surface area contributed by atoms with Crippen molar-refractivity contribution >= 4 is 46.2 Å². The van der Waals surface area contributed by atoms with Crippen LogP contribution in [-0.4, -0.2) is 35.0 Å². The van der Waals surface area contributed by atoms with Gasteiger partial charge in [-0.15, -0.1) is 11.3 Å². The standard InChI is InChI=1S/C23H17FN2O3S2/c24-18-9-5-4-8-16(18)14-19-22(28)26(23(29)31-19)12-11-25-21(27)20-17(10-13-30-20)15-6-2-1-3-7-15/h1-10,13-14H,11-12H2,(H,25,27)/b19-14-. The number of imide groups is 1. The van der Waals surface area contributed by atoms with Gasteiger partial charge in [0.25, 0.3) is 17.1 Å². The van der Waals surface area contributed by atoms with Crippen LogP contribution in [0.4, 0.5) is 9.18 Å². The van der Waals surface area contributed by atoms with Crippen LogP contribution >= 0.6 is 23.1 Å². The Hall–Kier alpha value is -3.23. The molecule has 3 aromatic rings. The molecular weight excluding hydrogens is 435 g/mol. The van der Waals surface area contributed by atoms with Gasteiger partial charge in [-0.2, -0.15) is 0 Å². The molecule has 5 nitrogen and oxygen atoms in total. The second-order valence-electron chi connectivity index (χ2n) is 6.64. The molecule has 3 amide bonds. The zero-order chi connectivity index (χ0) is 21.8. The molecule has 1 saturated heterocycles. The Morgan fingerprint density at radius 2 is 1.77 bits per heavy atom. The fourth-order valence-corrected chi connectivity index (χ4v) is 4.81. The SMILES string of the molecule is O=C(NCCN1C(=O)S/C(=C\c2ccccc2F)C1=O)c1sccc1-c1ccccc1. The second-order valence-corrected chi connectivity index (χ2v) is 8.55. The van der Waals surface area contributed by atoms with Crippen molar-refractivity contribution in [2.75, 3.05) is 13.1 Å². The third-order valence-corrected chi connectivity index (χ3v) is 6.46. The minimum absolute atomic E-state index is 0.0388. The van der Waals surface area contributed by atoms with Crippen LogP contribution in [-0.2, 0) is 4.79 Å². The van der Waals surface area contributed by atoms with Crippen LogP contribution < -0.4 is 5.32 Å². The van der Waals surface area contributed by atoms with Gasteiger partial charge in [-0.1, -0.05) is 48.5 Å². The van der Waals surface area contributed by atoms with Gasteiger partial charge < -0.3 is 5.32 Å². The van der Waals surface area contributed by atoms with E-state index >= 15 is 0 Å². The van der Waals surface area contributed by atoms with E-state index in [-0.39, 0.29) is 29.5 Å². The molecule has 1 fully saturated rings. The topological polar surface area (TPSA) is 66.5 Å². The van der Waals surface area contributed by atoms with Crippen molar-refractivity contribution in [1.29, 1.82) is 0 Å². The number of nitrogens with zero attached hydrogens (tertiary/aromatic N) is 1. The number of carbonyl (C=O) groups is 3. The number of hydrogen-bond acceptors (Lipinski definition) is 5. The van der Waals surface area contributed by atoms with Gasteiger partial charge >= 0.3 is 0 Å². The molecule has 1 N–H and O–H groups in total. The first-order valence-corrected chi connectivity index (χ1v) is 11.1. The monoisotopic (exact) mass is 452 g/mol. The van der Waals surface area contributed by atoms with E-state index in [1.54, 1.807) is 12.1 Å². The molecule has 1 aromatic heterocycles. The second kappa shape index (κ2) is 9.28. The molecule has 4 rings (SSSR count). The van der Waals surface area contributed by atoms with E-state index < -0.39 is 17.0 Å². The molecule has 0 unspecified atom stereocenters. The predicted molar refractivity (Wildman–Crippen MR) is 121 cm³/mol. The average molecular weight is 453 g/mol. The minimum atomic E-state index is -0.492. The number of rotatable bonds is 6. The number of nitrogens with one attached hydrogen (secondary N) is 1. The van der Waals surface area contributed by atoms with Crippen molar-refractivity contribution in [1.82, 2.24) is 10.2 Å². The van der Waals surface area contributed by atoms with Gasteiger partial charge in [0.05, 0.1) is 9.78 Å². The highest BCUT2D eigenvalue weighted by Gasteiger charge is 2.34. The van der Waals surface area contributed by atoms with Gasteiger partial charge in [-0.3, -0.25) is 19.3 Å². The summed E-state index contributed by atoms with van der Waals surface area (Å²) in [6, 6.07) is 17.5. The summed E-state index contributed by atoms with van der Waals surface area (Å²) in [5, 5.41) is 4.18. The Bertz CT molecular complexity index is 1170. The lowest BCUT2D eigenvalue weighted by molar-refractivity contribution is -0.122. The van der Waals surface area contributed by atoms with Crippen LogP contribution in [0.15, 0.2) is 70.9 Å². The zero-order valence-corrected chi connectivity index (χ0v) is 17.8. The van der Waals surface area contributed by atoms with Crippen molar-refractivity contribution in [2.45, 2.75) is 0 Å². The average Bonchev–Trinajstić information content (AvgIpc) is 3.37. The Labute approximate surface area is 186 Å². The Kier molecular flexibility index (Phi) is 6.29. The normalized spacial score (nSPS) is 15.0. The molecule has 31 heavy (non-hydrogen) atoms. The van der Waals surface area contributed by atoms with Gasteiger partial charge in [-0.05, 0) is 40.9 Å². The maximum absolute atomic E-state index is 13.8. The number of carbonyl (C=O) groups excluding carboxylic acids is 3. The highest BCUT2D eigenvalue weighted by molar-refractivity contribution is 8.18. The molecular formula is C23H17FN2O3S2. The van der Waals surface area contributed by atoms with Gasteiger partial charge in [-0.25, -0.2) is 4.39 Å². The predicted octanol–water partition coefficient (Wildman–Crippen LogP) is 5.02. The van der Waals surface area contributed by atoms with Crippen LogP contribution in [0.1, 0.15) is 15.2 Å². The van der Waals surface area contributed by atoms with E-state index in [2.05, 4.69) is 5.32 Å². The molecule has 8 heteroatoms. The smallest absolute Gasteiger partial charge is 0.293 e. The van der Waals surface area contributed by atoms with Gasteiger partial charge in [0.2, 0.25) is 0 Å². The zero-order valence-electron chi connectivity index (χ0n) is 16.2. The fourth-order valence-electron chi connectivity index (χ4n) is 3.12. The first-order valence-electron chi connectivity index (χ1n) is 9.45. The van der Waals surface area contributed by atoms with E-state index in [9.17, 15) is 18.8 Å². The maximum Gasteiger partial charge on any atom is 0.293 e. The summed E-state index contributed by atoms with van der Waals surface area (Å²) >= 11 is 2.09.